The zero-order valence-electron chi connectivity index (χ0n) is 8.62. The Morgan fingerprint density at radius 3 is 2.62 bits per heavy atom. The Bertz CT molecular complexity index is 175. The van der Waals surface area contributed by atoms with Gasteiger partial charge in [0, 0.05) is 12.3 Å². The molecule has 0 radical (unpaired) electrons. The fourth-order valence-electron chi connectivity index (χ4n) is 2.08. The van der Waals surface area contributed by atoms with E-state index in [0.29, 0.717) is 5.78 Å². The van der Waals surface area contributed by atoms with E-state index in [4.69, 9.17) is 0 Å². The van der Waals surface area contributed by atoms with Gasteiger partial charge in [0.15, 0.2) is 0 Å². The van der Waals surface area contributed by atoms with Crippen molar-refractivity contribution in [2.75, 3.05) is 0 Å². The minimum Gasteiger partial charge on any atom is -0.393 e. The first kappa shape index (κ1) is 10.7. The van der Waals surface area contributed by atoms with Crippen molar-refractivity contribution in [2.45, 2.75) is 52.1 Å². The summed E-state index contributed by atoms with van der Waals surface area (Å²) in [5, 5.41) is 9.43. The molecule has 0 aromatic rings. The molecule has 1 fully saturated rings. The number of carbonyl (C=O) groups excluding carboxylic acids is 1. The van der Waals surface area contributed by atoms with Crippen LogP contribution in [0.4, 0.5) is 0 Å². The minimum absolute atomic E-state index is 0.113. The molecule has 0 amide bonds. The van der Waals surface area contributed by atoms with Crippen LogP contribution in [-0.2, 0) is 4.79 Å². The van der Waals surface area contributed by atoms with Crippen molar-refractivity contribution < 1.29 is 9.90 Å². The highest BCUT2D eigenvalue weighted by atomic mass is 16.3. The summed E-state index contributed by atoms with van der Waals surface area (Å²) >= 11 is 0. The topological polar surface area (TPSA) is 37.3 Å². The van der Waals surface area contributed by atoms with Crippen LogP contribution in [0.3, 0.4) is 0 Å². The molecule has 1 aliphatic rings. The van der Waals surface area contributed by atoms with Crippen LogP contribution in [0.25, 0.3) is 0 Å². The normalized spacial score (nSPS) is 29.5. The Labute approximate surface area is 80.3 Å². The summed E-state index contributed by atoms with van der Waals surface area (Å²) < 4.78 is 0. The number of aliphatic hydroxyl groups excluding tert-OH is 1. The molecule has 0 aromatic heterocycles. The van der Waals surface area contributed by atoms with E-state index in [-0.39, 0.29) is 17.9 Å². The Kier molecular flexibility index (Phi) is 3.91. The second-order valence-electron chi connectivity index (χ2n) is 4.27. The molecule has 0 aromatic carbocycles. The molecule has 1 rings (SSSR count). The van der Waals surface area contributed by atoms with Crippen molar-refractivity contribution in [1.82, 2.24) is 0 Å². The highest BCUT2D eigenvalue weighted by Gasteiger charge is 2.28. The van der Waals surface area contributed by atoms with Crippen LogP contribution < -0.4 is 0 Å². The predicted molar refractivity (Wildman–Crippen MR) is 52.4 cm³/mol. The van der Waals surface area contributed by atoms with E-state index in [9.17, 15) is 9.90 Å². The SMILES string of the molecule is CC(O)C(C)C1CCCCCC1=O. The smallest absolute Gasteiger partial charge is 0.136 e. The molecule has 3 atom stereocenters. The molecule has 1 N–H and O–H groups in total. The Balaban J connectivity index is 2.58. The van der Waals surface area contributed by atoms with Crippen LogP contribution in [0.2, 0.25) is 0 Å². The van der Waals surface area contributed by atoms with Gasteiger partial charge in [0.05, 0.1) is 6.10 Å². The van der Waals surface area contributed by atoms with Crippen molar-refractivity contribution in [3.63, 3.8) is 0 Å². The van der Waals surface area contributed by atoms with Gasteiger partial charge in [-0.3, -0.25) is 4.79 Å². The lowest BCUT2D eigenvalue weighted by Crippen LogP contribution is -2.28. The average molecular weight is 184 g/mol. The zero-order valence-corrected chi connectivity index (χ0v) is 8.62. The van der Waals surface area contributed by atoms with Crippen molar-refractivity contribution in [3.8, 4) is 0 Å². The summed E-state index contributed by atoms with van der Waals surface area (Å²) in [6.07, 6.45) is 4.71. The number of ketones is 1. The number of Topliss-reactive ketones (excluding diaryl/α,β-unsaturated/α-hetero) is 1. The number of aliphatic hydroxyl groups is 1. The molecule has 3 unspecified atom stereocenters. The molecule has 2 heteroatoms. The summed E-state index contributed by atoms with van der Waals surface area (Å²) in [5.41, 5.74) is 0. The Hall–Kier alpha value is -0.370. The maximum atomic E-state index is 11.6. The summed E-state index contributed by atoms with van der Waals surface area (Å²) in [7, 11) is 0. The molecule has 0 bridgehead atoms. The van der Waals surface area contributed by atoms with Crippen LogP contribution >= 0.6 is 0 Å². The van der Waals surface area contributed by atoms with Gasteiger partial charge < -0.3 is 5.11 Å². The van der Waals surface area contributed by atoms with Gasteiger partial charge in [-0.05, 0) is 25.7 Å². The van der Waals surface area contributed by atoms with Crippen LogP contribution in [0.1, 0.15) is 46.0 Å². The third-order valence-corrected chi connectivity index (χ3v) is 3.25. The lowest BCUT2D eigenvalue weighted by atomic mass is 9.83. The first-order valence-corrected chi connectivity index (χ1v) is 5.33. The summed E-state index contributed by atoms with van der Waals surface area (Å²) in [5.74, 6) is 0.610. The van der Waals surface area contributed by atoms with Crippen molar-refractivity contribution in [2.24, 2.45) is 11.8 Å². The second-order valence-corrected chi connectivity index (χ2v) is 4.27. The fourth-order valence-corrected chi connectivity index (χ4v) is 2.08. The molecule has 0 spiro atoms. The fraction of sp³-hybridized carbons (Fsp3) is 0.909. The molecule has 2 nitrogen and oxygen atoms in total. The lowest BCUT2D eigenvalue weighted by Gasteiger charge is -2.23. The van der Waals surface area contributed by atoms with E-state index in [1.54, 1.807) is 6.92 Å². The average Bonchev–Trinajstić information content (AvgIpc) is 2.28. The van der Waals surface area contributed by atoms with E-state index >= 15 is 0 Å². The van der Waals surface area contributed by atoms with Gasteiger partial charge in [0.25, 0.3) is 0 Å². The highest BCUT2D eigenvalue weighted by molar-refractivity contribution is 5.81. The van der Waals surface area contributed by atoms with Gasteiger partial charge in [-0.2, -0.15) is 0 Å². The minimum atomic E-state index is -0.355. The molecular weight excluding hydrogens is 164 g/mol. The largest absolute Gasteiger partial charge is 0.393 e. The molecule has 0 saturated heterocycles. The van der Waals surface area contributed by atoms with Crippen LogP contribution in [0.15, 0.2) is 0 Å². The van der Waals surface area contributed by atoms with E-state index in [1.165, 1.54) is 6.42 Å². The molecule has 1 aliphatic carbocycles. The number of carbonyl (C=O) groups is 1. The van der Waals surface area contributed by atoms with Gasteiger partial charge >= 0.3 is 0 Å². The highest BCUT2D eigenvalue weighted by Crippen LogP contribution is 2.27. The van der Waals surface area contributed by atoms with E-state index in [0.717, 1.165) is 25.7 Å². The Morgan fingerprint density at radius 1 is 1.31 bits per heavy atom. The molecule has 76 valence electrons. The quantitative estimate of drug-likeness (QED) is 0.668. The van der Waals surface area contributed by atoms with Gasteiger partial charge in [-0.1, -0.05) is 19.8 Å². The summed E-state index contributed by atoms with van der Waals surface area (Å²) in [6, 6.07) is 0. The van der Waals surface area contributed by atoms with Crippen LogP contribution in [0.5, 0.6) is 0 Å². The first-order valence-electron chi connectivity index (χ1n) is 5.33. The van der Waals surface area contributed by atoms with Crippen molar-refractivity contribution >= 4 is 5.78 Å². The summed E-state index contributed by atoms with van der Waals surface area (Å²) in [6.45, 7) is 3.77. The molecule has 0 heterocycles. The standard InChI is InChI=1S/C11H20O2/c1-8(9(2)12)10-6-4-3-5-7-11(10)13/h8-10,12H,3-7H2,1-2H3. The molecule has 1 saturated carbocycles. The number of rotatable bonds is 2. The first-order chi connectivity index (χ1) is 6.13. The maximum Gasteiger partial charge on any atom is 0.136 e. The number of hydrogen-bond donors (Lipinski definition) is 1. The lowest BCUT2D eigenvalue weighted by molar-refractivity contribution is -0.125. The molecule has 13 heavy (non-hydrogen) atoms. The van der Waals surface area contributed by atoms with E-state index in [1.807, 2.05) is 6.92 Å². The van der Waals surface area contributed by atoms with Gasteiger partial charge in [0.1, 0.15) is 5.78 Å². The van der Waals surface area contributed by atoms with Gasteiger partial charge in [-0.25, -0.2) is 0 Å². The van der Waals surface area contributed by atoms with E-state index < -0.39 is 0 Å². The maximum absolute atomic E-state index is 11.6. The zero-order chi connectivity index (χ0) is 9.84. The van der Waals surface area contributed by atoms with Crippen LogP contribution in [0, 0.1) is 11.8 Å². The van der Waals surface area contributed by atoms with Crippen molar-refractivity contribution in [3.05, 3.63) is 0 Å². The molecular formula is C11H20O2. The summed E-state index contributed by atoms with van der Waals surface area (Å²) in [4.78, 5) is 11.6. The molecule has 0 aliphatic heterocycles. The van der Waals surface area contributed by atoms with E-state index in [2.05, 4.69) is 0 Å². The second kappa shape index (κ2) is 4.75. The van der Waals surface area contributed by atoms with Gasteiger partial charge in [0.2, 0.25) is 0 Å². The van der Waals surface area contributed by atoms with Gasteiger partial charge in [-0.15, -0.1) is 0 Å². The predicted octanol–water partition coefficient (Wildman–Crippen LogP) is 2.15. The Morgan fingerprint density at radius 2 is 2.00 bits per heavy atom. The van der Waals surface area contributed by atoms with Crippen LogP contribution in [-0.4, -0.2) is 17.0 Å². The number of hydrogen-bond acceptors (Lipinski definition) is 2. The van der Waals surface area contributed by atoms with Crippen molar-refractivity contribution in [1.29, 1.82) is 0 Å². The third kappa shape index (κ3) is 2.80. The third-order valence-electron chi connectivity index (χ3n) is 3.25. The monoisotopic (exact) mass is 184 g/mol.